The van der Waals surface area contributed by atoms with Crippen molar-refractivity contribution in [2.75, 3.05) is 26.1 Å². The van der Waals surface area contributed by atoms with Crippen LogP contribution in [-0.4, -0.2) is 44.2 Å². The average Bonchev–Trinajstić information content (AvgIpc) is 3.08. The molecule has 0 radical (unpaired) electrons. The summed E-state index contributed by atoms with van der Waals surface area (Å²) in [5, 5.41) is 0.0602. The standard InChI is InChI=1S/C20H21NO8S/c1-4-27-19(24)14-13(15(30-16(14)21)20(25)28-5-2)10-29-18(23)12-8-6-11(7-9-12)17(22)26-3/h6-9H,4-5,10,21H2,1-3H3. The molecule has 0 unspecified atom stereocenters. The Labute approximate surface area is 176 Å². The van der Waals surface area contributed by atoms with Gasteiger partial charge in [-0.3, -0.25) is 0 Å². The quantitative estimate of drug-likeness (QED) is 0.491. The van der Waals surface area contributed by atoms with Gasteiger partial charge in [0.05, 0.1) is 31.5 Å². The molecular formula is C20H21NO8S. The van der Waals surface area contributed by atoms with Crippen LogP contribution in [0.25, 0.3) is 0 Å². The molecule has 0 fully saturated rings. The summed E-state index contributed by atoms with van der Waals surface area (Å²) in [6, 6.07) is 5.63. The summed E-state index contributed by atoms with van der Waals surface area (Å²) in [7, 11) is 1.25. The minimum Gasteiger partial charge on any atom is -0.465 e. The summed E-state index contributed by atoms with van der Waals surface area (Å²) >= 11 is 0.858. The highest BCUT2D eigenvalue weighted by atomic mass is 32.1. The number of hydrogen-bond acceptors (Lipinski definition) is 10. The first-order valence-electron chi connectivity index (χ1n) is 8.94. The highest BCUT2D eigenvalue weighted by Crippen LogP contribution is 2.33. The third-order valence-corrected chi connectivity index (χ3v) is 4.91. The van der Waals surface area contributed by atoms with E-state index < -0.39 is 30.5 Å². The van der Waals surface area contributed by atoms with Crippen LogP contribution in [0.5, 0.6) is 0 Å². The number of nitrogens with two attached hydrogens (primary N) is 1. The fourth-order valence-electron chi connectivity index (χ4n) is 2.49. The lowest BCUT2D eigenvalue weighted by Crippen LogP contribution is -2.14. The van der Waals surface area contributed by atoms with Crippen LogP contribution in [0.4, 0.5) is 5.00 Å². The SMILES string of the molecule is CCOC(=O)c1sc(N)c(C(=O)OCC)c1COC(=O)c1ccc(C(=O)OC)cc1. The average molecular weight is 435 g/mol. The van der Waals surface area contributed by atoms with Gasteiger partial charge < -0.3 is 24.7 Å². The van der Waals surface area contributed by atoms with Crippen LogP contribution in [-0.2, 0) is 25.6 Å². The van der Waals surface area contributed by atoms with Crippen molar-refractivity contribution in [2.45, 2.75) is 20.5 Å². The van der Waals surface area contributed by atoms with Crippen molar-refractivity contribution in [1.82, 2.24) is 0 Å². The maximum absolute atomic E-state index is 12.4. The number of methoxy groups -OCH3 is 1. The second-order valence-electron chi connectivity index (χ2n) is 5.73. The Morgan fingerprint density at radius 1 is 0.833 bits per heavy atom. The molecule has 2 N–H and O–H groups in total. The molecule has 1 aromatic carbocycles. The number of rotatable bonds is 8. The molecule has 2 rings (SSSR count). The molecule has 0 saturated heterocycles. The first-order chi connectivity index (χ1) is 14.3. The van der Waals surface area contributed by atoms with Gasteiger partial charge in [0, 0.05) is 5.56 Å². The second kappa shape index (κ2) is 10.4. The zero-order chi connectivity index (χ0) is 22.3. The maximum atomic E-state index is 12.4. The van der Waals surface area contributed by atoms with Gasteiger partial charge in [0.2, 0.25) is 0 Å². The summed E-state index contributed by atoms with van der Waals surface area (Å²) < 4.78 is 19.9. The van der Waals surface area contributed by atoms with Gasteiger partial charge in [0.1, 0.15) is 22.0 Å². The third-order valence-electron chi connectivity index (χ3n) is 3.86. The van der Waals surface area contributed by atoms with Crippen molar-refractivity contribution in [1.29, 1.82) is 0 Å². The van der Waals surface area contributed by atoms with Crippen LogP contribution < -0.4 is 5.73 Å². The molecule has 0 aliphatic heterocycles. The lowest BCUT2D eigenvalue weighted by atomic mass is 10.1. The molecule has 1 aromatic heterocycles. The molecule has 1 heterocycles. The molecule has 9 nitrogen and oxygen atoms in total. The number of hydrogen-bond donors (Lipinski definition) is 1. The van der Waals surface area contributed by atoms with Gasteiger partial charge in [0.15, 0.2) is 0 Å². The van der Waals surface area contributed by atoms with Gasteiger partial charge in [0.25, 0.3) is 0 Å². The van der Waals surface area contributed by atoms with Crippen molar-refractivity contribution >= 4 is 40.2 Å². The van der Waals surface area contributed by atoms with Crippen LogP contribution >= 0.6 is 11.3 Å². The lowest BCUT2D eigenvalue weighted by molar-refractivity contribution is 0.0437. The van der Waals surface area contributed by atoms with Gasteiger partial charge in [-0.2, -0.15) is 0 Å². The number of ether oxygens (including phenoxy) is 4. The van der Waals surface area contributed by atoms with E-state index in [4.69, 9.17) is 19.9 Å². The van der Waals surface area contributed by atoms with E-state index in [-0.39, 0.29) is 45.3 Å². The van der Waals surface area contributed by atoms with Gasteiger partial charge in [-0.05, 0) is 38.1 Å². The number of carbonyl (C=O) groups excluding carboxylic acids is 4. The number of carbonyl (C=O) groups is 4. The number of benzene rings is 1. The predicted molar refractivity (Wildman–Crippen MR) is 108 cm³/mol. The van der Waals surface area contributed by atoms with E-state index in [9.17, 15) is 19.2 Å². The van der Waals surface area contributed by atoms with Crippen molar-refractivity contribution in [3.63, 3.8) is 0 Å². The summed E-state index contributed by atoms with van der Waals surface area (Å²) in [5.41, 5.74) is 6.44. The van der Waals surface area contributed by atoms with Crippen LogP contribution in [0.3, 0.4) is 0 Å². The van der Waals surface area contributed by atoms with Crippen LogP contribution in [0.1, 0.15) is 60.2 Å². The number of thiophene rings is 1. The molecule has 0 atom stereocenters. The molecule has 0 spiro atoms. The molecule has 30 heavy (non-hydrogen) atoms. The Kier molecular flexibility index (Phi) is 7.93. The highest BCUT2D eigenvalue weighted by molar-refractivity contribution is 7.18. The van der Waals surface area contributed by atoms with E-state index in [1.807, 2.05) is 0 Å². The molecular weight excluding hydrogens is 414 g/mol. The number of nitrogen functional groups attached to an aromatic ring is 1. The first kappa shape index (κ1) is 22.9. The number of esters is 4. The Morgan fingerprint density at radius 3 is 1.90 bits per heavy atom. The largest absolute Gasteiger partial charge is 0.465 e. The Bertz CT molecular complexity index is 948. The van der Waals surface area contributed by atoms with Crippen molar-refractivity contribution in [3.05, 3.63) is 51.4 Å². The molecule has 0 saturated carbocycles. The van der Waals surface area contributed by atoms with E-state index in [1.165, 1.54) is 31.4 Å². The van der Waals surface area contributed by atoms with E-state index in [0.717, 1.165) is 11.3 Å². The second-order valence-corrected chi connectivity index (χ2v) is 6.79. The summed E-state index contributed by atoms with van der Waals surface area (Å²) in [4.78, 5) is 48.5. The molecule has 0 aliphatic carbocycles. The summed E-state index contributed by atoms with van der Waals surface area (Å²) in [6.07, 6.45) is 0. The topological polar surface area (TPSA) is 131 Å². The Morgan fingerprint density at radius 2 is 1.37 bits per heavy atom. The summed E-state index contributed by atoms with van der Waals surface area (Å²) in [5.74, 6) is -2.67. The van der Waals surface area contributed by atoms with Crippen molar-refractivity contribution < 1.29 is 38.1 Å². The van der Waals surface area contributed by atoms with Gasteiger partial charge in [-0.1, -0.05) is 0 Å². The Hall–Kier alpha value is -3.40. The van der Waals surface area contributed by atoms with E-state index >= 15 is 0 Å². The fourth-order valence-corrected chi connectivity index (χ4v) is 3.45. The van der Waals surface area contributed by atoms with Crippen LogP contribution in [0.2, 0.25) is 0 Å². The first-order valence-corrected chi connectivity index (χ1v) is 9.76. The zero-order valence-corrected chi connectivity index (χ0v) is 17.5. The maximum Gasteiger partial charge on any atom is 0.348 e. The van der Waals surface area contributed by atoms with E-state index in [1.54, 1.807) is 13.8 Å². The lowest BCUT2D eigenvalue weighted by Gasteiger charge is -2.09. The zero-order valence-electron chi connectivity index (χ0n) is 16.7. The smallest absolute Gasteiger partial charge is 0.348 e. The number of anilines is 1. The molecule has 160 valence electrons. The molecule has 10 heteroatoms. The van der Waals surface area contributed by atoms with Crippen molar-refractivity contribution in [3.8, 4) is 0 Å². The van der Waals surface area contributed by atoms with E-state index in [2.05, 4.69) is 4.74 Å². The predicted octanol–water partition coefficient (Wildman–Crippen LogP) is 2.83. The van der Waals surface area contributed by atoms with Crippen molar-refractivity contribution in [2.24, 2.45) is 0 Å². The van der Waals surface area contributed by atoms with Gasteiger partial charge in [-0.15, -0.1) is 11.3 Å². The monoisotopic (exact) mass is 435 g/mol. The highest BCUT2D eigenvalue weighted by Gasteiger charge is 2.28. The third kappa shape index (κ3) is 5.15. The van der Waals surface area contributed by atoms with Gasteiger partial charge >= 0.3 is 23.9 Å². The van der Waals surface area contributed by atoms with Crippen LogP contribution in [0.15, 0.2) is 24.3 Å². The molecule has 0 amide bonds. The summed E-state index contributed by atoms with van der Waals surface area (Å²) in [6.45, 7) is 3.10. The normalized spacial score (nSPS) is 10.2. The molecule has 0 bridgehead atoms. The molecule has 0 aliphatic rings. The molecule has 2 aromatic rings. The minimum absolute atomic E-state index is 0.0289. The Balaban J connectivity index is 2.27. The van der Waals surface area contributed by atoms with E-state index in [0.29, 0.717) is 0 Å². The minimum atomic E-state index is -0.727. The fraction of sp³-hybridized carbons (Fsp3) is 0.300. The van der Waals surface area contributed by atoms with Crippen LogP contribution in [0, 0.1) is 0 Å². The van der Waals surface area contributed by atoms with Gasteiger partial charge in [-0.25, -0.2) is 19.2 Å².